The molecule has 0 unspecified atom stereocenters. The lowest BCUT2D eigenvalue weighted by molar-refractivity contribution is -0.137. The molecular weight excluding hydrogens is 534 g/mol. The first kappa shape index (κ1) is 30.9. The smallest absolute Gasteiger partial charge is 0.303 e. The number of unbranched alkanes of at least 4 members (excludes halogenated alkanes) is 7. The lowest BCUT2D eigenvalue weighted by Crippen LogP contribution is -2.46. The monoisotopic (exact) mass is 573 g/mol. The van der Waals surface area contributed by atoms with E-state index in [1.165, 1.54) is 16.3 Å². The molecule has 212 valence electrons. The molecule has 2 saturated heterocycles. The molecule has 1 amide bonds. The molecule has 0 atom stereocenters. The van der Waals surface area contributed by atoms with Gasteiger partial charge in [-0.25, -0.2) is 0 Å². The Morgan fingerprint density at radius 1 is 1.03 bits per heavy atom. The van der Waals surface area contributed by atoms with E-state index in [0.29, 0.717) is 21.3 Å². The third-order valence-electron chi connectivity index (χ3n) is 7.44. The Bertz CT molecular complexity index is 1210. The fourth-order valence-corrected chi connectivity index (χ4v) is 6.33. The summed E-state index contributed by atoms with van der Waals surface area (Å²) in [6, 6.07) is 2.06. The molecule has 11 heteroatoms. The number of pyridine rings is 1. The van der Waals surface area contributed by atoms with E-state index in [2.05, 4.69) is 22.9 Å². The third-order valence-corrected chi connectivity index (χ3v) is 8.82. The van der Waals surface area contributed by atoms with Crippen LogP contribution in [0, 0.1) is 18.3 Å². The van der Waals surface area contributed by atoms with E-state index in [4.69, 9.17) is 17.3 Å². The van der Waals surface area contributed by atoms with E-state index >= 15 is 0 Å². The summed E-state index contributed by atoms with van der Waals surface area (Å²) in [6.45, 7) is 5.57. The summed E-state index contributed by atoms with van der Waals surface area (Å²) in [5.41, 5.74) is 1.08. The number of anilines is 1. The fraction of sp³-hybridized carbons (Fsp3) is 0.607. The molecule has 0 radical (unpaired) electrons. The van der Waals surface area contributed by atoms with Crippen molar-refractivity contribution in [1.29, 1.82) is 5.26 Å². The van der Waals surface area contributed by atoms with Crippen molar-refractivity contribution in [3.8, 4) is 6.07 Å². The van der Waals surface area contributed by atoms with Gasteiger partial charge >= 0.3 is 5.97 Å². The number of thioether (sulfide) groups is 1. The predicted molar refractivity (Wildman–Crippen MR) is 160 cm³/mol. The number of carbonyl (C=O) groups excluding carboxylic acids is 1. The average Bonchev–Trinajstić information content (AvgIpc) is 3.16. The highest BCUT2D eigenvalue weighted by Crippen LogP contribution is 2.36. The number of carboxylic acid groups (broad SMARTS) is 1. The number of hydrogen-bond acceptors (Lipinski definition) is 8. The summed E-state index contributed by atoms with van der Waals surface area (Å²) in [4.78, 5) is 43.4. The van der Waals surface area contributed by atoms with E-state index in [1.807, 2.05) is 6.08 Å². The second-order valence-corrected chi connectivity index (χ2v) is 12.0. The fourth-order valence-electron chi connectivity index (χ4n) is 5.04. The standard InChI is InChI=1S/C28H39N5O4S2/c1-20-21(25(31(3)26(36)22(20)19-29)32-16-14-30(2)15-17-32)18-23-27(37)33(28(38)39-23)13-11-9-7-5-4-6-8-10-12-24(34)35/h18H,4-17H2,1-3H3,(H,34,35)/b23-18+. The number of amides is 1. The Labute approximate surface area is 240 Å². The van der Waals surface area contributed by atoms with Crippen molar-refractivity contribution in [3.63, 3.8) is 0 Å². The number of likely N-dealkylation sites (N-methyl/N-ethyl adjacent to an activating group) is 1. The molecule has 1 N–H and O–H groups in total. The zero-order valence-corrected chi connectivity index (χ0v) is 24.8. The van der Waals surface area contributed by atoms with Crippen LogP contribution < -0.4 is 10.5 Å². The molecule has 1 aromatic rings. The number of nitrogens with zero attached hydrogens (tertiary/aromatic N) is 5. The summed E-state index contributed by atoms with van der Waals surface area (Å²) in [7, 11) is 3.76. The molecule has 0 aliphatic carbocycles. The van der Waals surface area contributed by atoms with Crippen molar-refractivity contribution in [2.24, 2.45) is 7.05 Å². The van der Waals surface area contributed by atoms with Crippen LogP contribution in [0.3, 0.4) is 0 Å². The van der Waals surface area contributed by atoms with E-state index in [9.17, 15) is 19.6 Å². The number of rotatable bonds is 13. The normalized spacial score (nSPS) is 17.3. The summed E-state index contributed by atoms with van der Waals surface area (Å²) < 4.78 is 2.07. The van der Waals surface area contributed by atoms with Crippen LogP contribution in [0.25, 0.3) is 6.08 Å². The average molecular weight is 574 g/mol. The number of nitriles is 1. The van der Waals surface area contributed by atoms with Gasteiger partial charge in [-0.15, -0.1) is 0 Å². The minimum Gasteiger partial charge on any atom is -0.481 e. The molecule has 9 nitrogen and oxygen atoms in total. The quantitative estimate of drug-likeness (QED) is 0.212. The number of piperazine rings is 1. The summed E-state index contributed by atoms with van der Waals surface area (Å²) >= 11 is 6.83. The SMILES string of the molecule is Cc1c(/C=C2/SC(=S)N(CCCCCCCCCCC(=O)O)C2=O)c(N2CCN(C)CC2)n(C)c(=O)c1C#N. The number of carbonyl (C=O) groups is 2. The zero-order chi connectivity index (χ0) is 28.5. The van der Waals surface area contributed by atoms with Gasteiger partial charge in [-0.1, -0.05) is 62.5 Å². The molecule has 3 heterocycles. The zero-order valence-electron chi connectivity index (χ0n) is 23.2. The van der Waals surface area contributed by atoms with E-state index < -0.39 is 5.97 Å². The Hall–Kier alpha value is -2.68. The van der Waals surface area contributed by atoms with Crippen LogP contribution in [0.4, 0.5) is 5.82 Å². The van der Waals surface area contributed by atoms with E-state index in [1.54, 1.807) is 18.9 Å². The second kappa shape index (κ2) is 14.6. The Morgan fingerprint density at radius 3 is 2.21 bits per heavy atom. The van der Waals surface area contributed by atoms with Crippen molar-refractivity contribution < 1.29 is 14.7 Å². The van der Waals surface area contributed by atoms with Crippen LogP contribution >= 0.6 is 24.0 Å². The Kier molecular flexibility index (Phi) is 11.6. The number of aromatic nitrogens is 1. The number of thiocarbonyl (C=S) groups is 1. The second-order valence-electron chi connectivity index (χ2n) is 10.3. The molecular formula is C28H39N5O4S2. The molecule has 2 aliphatic rings. The van der Waals surface area contributed by atoms with Crippen LogP contribution in [0.15, 0.2) is 9.70 Å². The lowest BCUT2D eigenvalue weighted by Gasteiger charge is -2.36. The first-order valence-corrected chi connectivity index (χ1v) is 14.9. The summed E-state index contributed by atoms with van der Waals surface area (Å²) in [5.74, 6) is -0.121. The molecule has 0 saturated carbocycles. The van der Waals surface area contributed by atoms with Gasteiger partial charge in [0.1, 0.15) is 21.8 Å². The van der Waals surface area contributed by atoms with Gasteiger partial charge in [0, 0.05) is 51.8 Å². The van der Waals surface area contributed by atoms with Gasteiger partial charge < -0.3 is 14.9 Å². The van der Waals surface area contributed by atoms with Crippen molar-refractivity contribution in [2.45, 2.75) is 64.7 Å². The third kappa shape index (κ3) is 7.93. The molecule has 0 aromatic carbocycles. The number of aliphatic carboxylic acids is 1. The molecule has 3 rings (SSSR count). The Balaban J connectivity index is 1.65. The van der Waals surface area contributed by atoms with Crippen molar-refractivity contribution in [2.75, 3.05) is 44.7 Å². The van der Waals surface area contributed by atoms with Crippen LogP contribution in [-0.2, 0) is 16.6 Å². The van der Waals surface area contributed by atoms with Crippen molar-refractivity contribution in [1.82, 2.24) is 14.4 Å². The van der Waals surface area contributed by atoms with Gasteiger partial charge in [0.25, 0.3) is 11.5 Å². The first-order chi connectivity index (χ1) is 18.6. The van der Waals surface area contributed by atoms with E-state index in [-0.39, 0.29) is 23.5 Å². The largest absolute Gasteiger partial charge is 0.481 e. The molecule has 39 heavy (non-hydrogen) atoms. The van der Waals surface area contributed by atoms with Crippen molar-refractivity contribution >= 4 is 52.1 Å². The maximum atomic E-state index is 13.3. The van der Waals surface area contributed by atoms with Crippen LogP contribution in [-0.4, -0.2) is 75.4 Å². The minimum atomic E-state index is -0.729. The van der Waals surface area contributed by atoms with Gasteiger partial charge in [-0.3, -0.25) is 23.9 Å². The van der Waals surface area contributed by atoms with Gasteiger partial charge in [0.05, 0.1) is 4.91 Å². The van der Waals surface area contributed by atoms with Crippen molar-refractivity contribution in [3.05, 3.63) is 31.9 Å². The molecule has 2 aliphatic heterocycles. The molecule has 2 fully saturated rings. The lowest BCUT2D eigenvalue weighted by atomic mass is 10.0. The van der Waals surface area contributed by atoms with Gasteiger partial charge in [0.15, 0.2) is 0 Å². The van der Waals surface area contributed by atoms with Gasteiger partial charge in [-0.2, -0.15) is 5.26 Å². The van der Waals surface area contributed by atoms with Crippen LogP contribution in [0.1, 0.15) is 74.5 Å². The van der Waals surface area contributed by atoms with Gasteiger partial charge in [0.2, 0.25) is 0 Å². The summed E-state index contributed by atoms with van der Waals surface area (Å²) in [5, 5.41) is 18.4. The summed E-state index contributed by atoms with van der Waals surface area (Å²) in [6.07, 6.45) is 9.96. The number of carboxylic acids is 1. The maximum absolute atomic E-state index is 13.3. The minimum absolute atomic E-state index is 0.0963. The highest BCUT2D eigenvalue weighted by Gasteiger charge is 2.33. The first-order valence-electron chi connectivity index (χ1n) is 13.7. The highest BCUT2D eigenvalue weighted by atomic mass is 32.2. The molecule has 0 spiro atoms. The molecule has 0 bridgehead atoms. The van der Waals surface area contributed by atoms with Crippen LogP contribution in [0.2, 0.25) is 0 Å². The highest BCUT2D eigenvalue weighted by molar-refractivity contribution is 8.26. The molecule has 1 aromatic heterocycles. The number of hydrogen-bond donors (Lipinski definition) is 1. The maximum Gasteiger partial charge on any atom is 0.303 e. The van der Waals surface area contributed by atoms with Crippen LogP contribution in [0.5, 0.6) is 0 Å². The topological polar surface area (TPSA) is 110 Å². The van der Waals surface area contributed by atoms with E-state index in [0.717, 1.165) is 88.9 Å². The predicted octanol–water partition coefficient (Wildman–Crippen LogP) is 4.11. The van der Waals surface area contributed by atoms with Gasteiger partial charge in [-0.05, 0) is 38.5 Å². The Morgan fingerprint density at radius 2 is 1.62 bits per heavy atom.